The Bertz CT molecular complexity index is 821. The average Bonchev–Trinajstić information content (AvgIpc) is 3.37. The highest BCUT2D eigenvalue weighted by Crippen LogP contribution is 2.31. The molecule has 1 heterocycles. The van der Waals surface area contributed by atoms with Crippen molar-refractivity contribution in [1.82, 2.24) is 10.1 Å². The van der Waals surface area contributed by atoms with Crippen molar-refractivity contribution in [3.05, 3.63) is 46.4 Å². The van der Waals surface area contributed by atoms with Crippen molar-refractivity contribution in [2.45, 2.75) is 32.4 Å². The number of thioether (sulfide) groups is 1. The average molecular weight is 412 g/mol. The number of anilines is 1. The molecule has 2 aromatic rings. The maximum atomic E-state index is 14.0. The van der Waals surface area contributed by atoms with Crippen LogP contribution in [0.2, 0.25) is 5.02 Å². The van der Waals surface area contributed by atoms with Gasteiger partial charge in [0.2, 0.25) is 11.8 Å². The summed E-state index contributed by atoms with van der Waals surface area (Å²) >= 11 is 7.28. The third-order valence-electron chi connectivity index (χ3n) is 4.05. The van der Waals surface area contributed by atoms with Gasteiger partial charge < -0.3 is 14.7 Å². The third-order valence-corrected chi connectivity index (χ3v) is 5.32. The van der Waals surface area contributed by atoms with E-state index < -0.39 is 5.82 Å². The summed E-state index contributed by atoms with van der Waals surface area (Å²) in [5.41, 5.74) is 0.323. The summed E-state index contributed by atoms with van der Waals surface area (Å²) < 4.78 is 18.9. The predicted octanol–water partition coefficient (Wildman–Crippen LogP) is 3.64. The maximum absolute atomic E-state index is 14.0. The topological polar surface area (TPSA) is 75.4 Å². The zero-order valence-corrected chi connectivity index (χ0v) is 16.3. The van der Waals surface area contributed by atoms with Gasteiger partial charge in [0.15, 0.2) is 5.82 Å². The molecule has 0 atom stereocenters. The monoisotopic (exact) mass is 411 g/mol. The summed E-state index contributed by atoms with van der Waals surface area (Å²) in [6.07, 6.45) is 1.79. The van der Waals surface area contributed by atoms with Gasteiger partial charge in [-0.25, -0.2) is 4.39 Å². The summed E-state index contributed by atoms with van der Waals surface area (Å²) in [5, 5.41) is 6.59. The van der Waals surface area contributed by atoms with Crippen molar-refractivity contribution in [2.75, 3.05) is 16.8 Å². The summed E-state index contributed by atoms with van der Waals surface area (Å²) in [7, 11) is 0. The van der Waals surface area contributed by atoms with Gasteiger partial charge in [-0.15, -0.1) is 11.8 Å². The molecule has 1 N–H and O–H groups in total. The Morgan fingerprint density at radius 3 is 2.81 bits per heavy atom. The molecule has 6 nitrogen and oxygen atoms in total. The highest BCUT2D eigenvalue weighted by molar-refractivity contribution is 8.00. The summed E-state index contributed by atoms with van der Waals surface area (Å²) in [6, 6.07) is 6.21. The van der Waals surface area contributed by atoms with Gasteiger partial charge in [-0.3, -0.25) is 9.59 Å². The largest absolute Gasteiger partial charge is 0.360 e. The number of hydrogen-bond acceptors (Lipinski definition) is 5. The van der Waals surface area contributed by atoms with Crippen molar-refractivity contribution in [3.8, 4) is 0 Å². The van der Waals surface area contributed by atoms with Crippen molar-refractivity contribution in [3.63, 3.8) is 0 Å². The first-order valence-corrected chi connectivity index (χ1v) is 10.0. The Hall–Kier alpha value is -2.06. The van der Waals surface area contributed by atoms with Crippen LogP contribution in [-0.4, -0.2) is 39.4 Å². The van der Waals surface area contributed by atoms with E-state index in [0.717, 1.165) is 12.8 Å². The first kappa shape index (κ1) is 19.7. The highest BCUT2D eigenvalue weighted by atomic mass is 35.5. The minimum Gasteiger partial charge on any atom is -0.360 e. The van der Waals surface area contributed by atoms with E-state index in [1.807, 2.05) is 0 Å². The van der Waals surface area contributed by atoms with Gasteiger partial charge >= 0.3 is 0 Å². The zero-order chi connectivity index (χ0) is 19.4. The Balaban J connectivity index is 1.51. The van der Waals surface area contributed by atoms with Crippen LogP contribution in [0.3, 0.4) is 0 Å². The predicted molar refractivity (Wildman–Crippen MR) is 102 cm³/mol. The minimum atomic E-state index is -0.420. The Labute approximate surface area is 165 Å². The number of benzene rings is 1. The minimum absolute atomic E-state index is 0.108. The Morgan fingerprint density at radius 1 is 1.41 bits per heavy atom. The molecule has 9 heteroatoms. The molecule has 0 aliphatic heterocycles. The van der Waals surface area contributed by atoms with Crippen LogP contribution in [0.15, 0.2) is 28.8 Å². The number of aromatic nitrogens is 1. The highest BCUT2D eigenvalue weighted by Gasteiger charge is 2.33. The second-order valence-electron chi connectivity index (χ2n) is 6.32. The lowest BCUT2D eigenvalue weighted by atomic mass is 10.2. The van der Waals surface area contributed by atoms with E-state index >= 15 is 0 Å². The fraction of sp³-hybridized carbons (Fsp3) is 0.389. The molecule has 1 fully saturated rings. The standard InChI is InChI=1S/C18H19ClFN3O3S/c1-11-7-16(22-26-11)21-17(24)9-27-10-18(25)23(12-5-6-12)8-13-14(19)3-2-4-15(13)20/h2-4,7,12H,5-6,8-10H2,1H3,(H,21,22,24). The van der Waals surface area contributed by atoms with Gasteiger partial charge in [0.1, 0.15) is 11.6 Å². The first-order chi connectivity index (χ1) is 12.9. The smallest absolute Gasteiger partial charge is 0.235 e. The van der Waals surface area contributed by atoms with Crippen LogP contribution in [0.5, 0.6) is 0 Å². The molecule has 1 aromatic carbocycles. The van der Waals surface area contributed by atoms with E-state index in [1.165, 1.54) is 23.9 Å². The molecule has 0 radical (unpaired) electrons. The first-order valence-electron chi connectivity index (χ1n) is 8.47. The van der Waals surface area contributed by atoms with Crippen LogP contribution in [0, 0.1) is 12.7 Å². The number of halogens is 2. The molecule has 0 unspecified atom stereocenters. The lowest BCUT2D eigenvalue weighted by Crippen LogP contribution is -2.34. The second kappa shape index (κ2) is 8.75. The van der Waals surface area contributed by atoms with Crippen LogP contribution in [0.4, 0.5) is 10.2 Å². The van der Waals surface area contributed by atoms with E-state index in [2.05, 4.69) is 10.5 Å². The van der Waals surface area contributed by atoms with Crippen LogP contribution in [0.1, 0.15) is 24.2 Å². The fourth-order valence-corrected chi connectivity index (χ4v) is 3.50. The van der Waals surface area contributed by atoms with Gasteiger partial charge in [-0.05, 0) is 31.9 Å². The molecule has 3 rings (SSSR count). The van der Waals surface area contributed by atoms with E-state index in [4.69, 9.17) is 16.1 Å². The fourth-order valence-electron chi connectivity index (χ4n) is 2.58. The molecule has 2 amide bonds. The van der Waals surface area contributed by atoms with E-state index in [-0.39, 0.29) is 35.9 Å². The van der Waals surface area contributed by atoms with Gasteiger partial charge in [-0.2, -0.15) is 0 Å². The number of rotatable bonds is 8. The second-order valence-corrected chi connectivity index (χ2v) is 7.71. The van der Waals surface area contributed by atoms with E-state index in [0.29, 0.717) is 22.2 Å². The molecule has 0 saturated heterocycles. The SMILES string of the molecule is Cc1cc(NC(=O)CSCC(=O)N(Cc2c(F)cccc2Cl)C2CC2)no1. The summed E-state index contributed by atoms with van der Waals surface area (Å²) in [5.74, 6) is 0.363. The van der Waals surface area contributed by atoms with Crippen LogP contribution in [-0.2, 0) is 16.1 Å². The lowest BCUT2D eigenvalue weighted by molar-refractivity contribution is -0.129. The van der Waals surface area contributed by atoms with Crippen molar-refractivity contribution in [1.29, 1.82) is 0 Å². The van der Waals surface area contributed by atoms with Crippen LogP contribution >= 0.6 is 23.4 Å². The molecule has 1 aliphatic carbocycles. The molecule has 0 bridgehead atoms. The number of aryl methyl sites for hydroxylation is 1. The Kier molecular flexibility index (Phi) is 6.38. The number of nitrogens with one attached hydrogen (secondary N) is 1. The number of hydrogen-bond donors (Lipinski definition) is 1. The van der Waals surface area contributed by atoms with E-state index in [1.54, 1.807) is 24.0 Å². The maximum Gasteiger partial charge on any atom is 0.235 e. The molecule has 144 valence electrons. The number of carbonyl (C=O) groups is 2. The van der Waals surface area contributed by atoms with Crippen molar-refractivity contribution < 1.29 is 18.5 Å². The molecule has 27 heavy (non-hydrogen) atoms. The molecular formula is C18H19ClFN3O3S. The van der Waals surface area contributed by atoms with Crippen LogP contribution in [0.25, 0.3) is 0 Å². The number of nitrogens with zero attached hydrogens (tertiary/aromatic N) is 2. The molecule has 1 saturated carbocycles. The van der Waals surface area contributed by atoms with Crippen LogP contribution < -0.4 is 5.32 Å². The molecular weight excluding hydrogens is 393 g/mol. The van der Waals surface area contributed by atoms with Crippen molar-refractivity contribution in [2.24, 2.45) is 0 Å². The number of carbonyl (C=O) groups excluding carboxylic acids is 2. The summed E-state index contributed by atoms with van der Waals surface area (Å²) in [4.78, 5) is 26.1. The number of amides is 2. The van der Waals surface area contributed by atoms with Gasteiger partial charge in [0, 0.05) is 22.7 Å². The third kappa shape index (κ3) is 5.46. The quantitative estimate of drug-likeness (QED) is 0.717. The van der Waals surface area contributed by atoms with Gasteiger partial charge in [0.25, 0.3) is 0 Å². The molecule has 1 aliphatic rings. The lowest BCUT2D eigenvalue weighted by Gasteiger charge is -2.23. The van der Waals surface area contributed by atoms with Gasteiger partial charge in [0.05, 0.1) is 18.1 Å². The van der Waals surface area contributed by atoms with E-state index in [9.17, 15) is 14.0 Å². The zero-order valence-electron chi connectivity index (χ0n) is 14.7. The summed E-state index contributed by atoms with van der Waals surface area (Å²) in [6.45, 7) is 1.87. The van der Waals surface area contributed by atoms with Crippen molar-refractivity contribution >= 4 is 41.0 Å². The Morgan fingerprint density at radius 2 is 2.19 bits per heavy atom. The molecule has 1 aromatic heterocycles. The van der Waals surface area contributed by atoms with Gasteiger partial charge in [-0.1, -0.05) is 22.8 Å². The normalized spacial score (nSPS) is 13.4. The molecule has 0 spiro atoms.